The molecule has 2 saturated carbocycles. The first-order valence-electron chi connectivity index (χ1n) is 8.26. The molecule has 5 heteroatoms. The third kappa shape index (κ3) is 1.72. The van der Waals surface area contributed by atoms with Crippen molar-refractivity contribution in [2.24, 2.45) is 29.1 Å². The van der Waals surface area contributed by atoms with Gasteiger partial charge >= 0.3 is 5.97 Å². The fraction of sp³-hybridized carbons (Fsp3) is 0.882. The van der Waals surface area contributed by atoms with Crippen LogP contribution in [0.1, 0.15) is 33.6 Å². The molecule has 1 N–H and O–H groups in total. The van der Waals surface area contributed by atoms with E-state index < -0.39 is 23.0 Å². The summed E-state index contributed by atoms with van der Waals surface area (Å²) < 4.78 is 5.43. The van der Waals surface area contributed by atoms with Gasteiger partial charge < -0.3 is 14.7 Å². The van der Waals surface area contributed by atoms with Crippen LogP contribution in [0, 0.1) is 29.1 Å². The van der Waals surface area contributed by atoms with Crippen molar-refractivity contribution >= 4 is 11.8 Å². The molecule has 1 saturated heterocycles. The molecule has 0 aromatic rings. The summed E-state index contributed by atoms with van der Waals surface area (Å²) in [6.07, 6.45) is 0.604. The van der Waals surface area contributed by atoms with Crippen LogP contribution in [0.15, 0.2) is 0 Å². The van der Waals surface area contributed by atoms with Crippen molar-refractivity contribution in [3.8, 4) is 0 Å². The average Bonchev–Trinajstić information content (AvgIpc) is 2.87. The van der Waals surface area contributed by atoms with E-state index in [4.69, 9.17) is 4.74 Å². The number of esters is 1. The van der Waals surface area contributed by atoms with E-state index in [1.807, 2.05) is 39.8 Å². The molecule has 1 heterocycles. The predicted octanol–water partition coefficient (Wildman–Crippen LogP) is 1.09. The number of Topliss-reactive ketones (excluding diaryl/α,β-unsaturated/α-hetero) is 1. The Morgan fingerprint density at radius 2 is 2.00 bits per heavy atom. The monoisotopic (exact) mass is 309 g/mol. The fourth-order valence-corrected chi connectivity index (χ4v) is 5.28. The van der Waals surface area contributed by atoms with Crippen molar-refractivity contribution in [1.82, 2.24) is 4.90 Å². The van der Waals surface area contributed by atoms with Crippen LogP contribution >= 0.6 is 0 Å². The SMILES string of the molecule is CC(C)[C@@H]1[C@H]2OC(=O)[C@@H]1[C@]1(O)CC[C@H](CN(C)C)[C@]1(C)C2=O. The molecule has 1 aliphatic heterocycles. The average molecular weight is 309 g/mol. The van der Waals surface area contributed by atoms with Gasteiger partial charge in [0.1, 0.15) is 0 Å². The number of rotatable bonds is 3. The van der Waals surface area contributed by atoms with Gasteiger partial charge in [0.05, 0.1) is 16.9 Å². The first kappa shape index (κ1) is 15.9. The van der Waals surface area contributed by atoms with Crippen molar-refractivity contribution in [1.29, 1.82) is 0 Å². The van der Waals surface area contributed by atoms with Crippen molar-refractivity contribution in [2.45, 2.75) is 45.3 Å². The zero-order valence-electron chi connectivity index (χ0n) is 14.1. The zero-order valence-corrected chi connectivity index (χ0v) is 14.1. The number of hydrogen-bond acceptors (Lipinski definition) is 5. The van der Waals surface area contributed by atoms with Gasteiger partial charge in [0.25, 0.3) is 0 Å². The smallest absolute Gasteiger partial charge is 0.313 e. The molecule has 3 rings (SSSR count). The lowest BCUT2D eigenvalue weighted by atomic mass is 9.53. The molecule has 0 aromatic heterocycles. The largest absolute Gasteiger partial charge is 0.454 e. The van der Waals surface area contributed by atoms with Crippen LogP contribution in [0.25, 0.3) is 0 Å². The van der Waals surface area contributed by atoms with Crippen LogP contribution in [0.4, 0.5) is 0 Å². The summed E-state index contributed by atoms with van der Waals surface area (Å²) in [6, 6.07) is 0. The summed E-state index contributed by atoms with van der Waals surface area (Å²) in [5, 5.41) is 11.5. The Morgan fingerprint density at radius 3 is 2.55 bits per heavy atom. The number of carbonyl (C=O) groups is 2. The van der Waals surface area contributed by atoms with Crippen LogP contribution in [0.5, 0.6) is 0 Å². The van der Waals surface area contributed by atoms with E-state index in [1.54, 1.807) is 0 Å². The quantitative estimate of drug-likeness (QED) is 0.791. The van der Waals surface area contributed by atoms with Crippen molar-refractivity contribution in [3.63, 3.8) is 0 Å². The molecular weight excluding hydrogens is 282 g/mol. The van der Waals surface area contributed by atoms with E-state index in [2.05, 4.69) is 0 Å². The fourth-order valence-electron chi connectivity index (χ4n) is 5.28. The number of hydrogen-bond donors (Lipinski definition) is 1. The second-order valence-electron chi connectivity index (χ2n) is 8.15. The van der Waals surface area contributed by atoms with E-state index in [1.165, 1.54) is 0 Å². The lowest BCUT2D eigenvalue weighted by Crippen LogP contribution is -2.65. The van der Waals surface area contributed by atoms with Gasteiger partial charge in [-0.1, -0.05) is 13.8 Å². The zero-order chi connectivity index (χ0) is 16.4. The molecule has 124 valence electrons. The van der Waals surface area contributed by atoms with Gasteiger partial charge in [0.15, 0.2) is 11.9 Å². The highest BCUT2D eigenvalue weighted by atomic mass is 16.6. The Kier molecular flexibility index (Phi) is 3.46. The number of ketones is 1. The molecule has 6 atom stereocenters. The summed E-state index contributed by atoms with van der Waals surface area (Å²) in [5.41, 5.74) is -2.14. The molecule has 0 radical (unpaired) electrons. The van der Waals surface area contributed by atoms with E-state index in [9.17, 15) is 14.7 Å². The molecule has 0 amide bonds. The summed E-state index contributed by atoms with van der Waals surface area (Å²) in [5.74, 6) is -1.02. The first-order chi connectivity index (χ1) is 10.1. The minimum absolute atomic E-state index is 0.0626. The summed E-state index contributed by atoms with van der Waals surface area (Å²) in [4.78, 5) is 27.6. The van der Waals surface area contributed by atoms with Crippen molar-refractivity contribution < 1.29 is 19.4 Å². The lowest BCUT2D eigenvalue weighted by Gasteiger charge is -2.50. The highest BCUT2D eigenvalue weighted by molar-refractivity contribution is 5.99. The maximum atomic E-state index is 13.2. The number of ether oxygens (including phenoxy) is 1. The minimum Gasteiger partial charge on any atom is -0.454 e. The van der Waals surface area contributed by atoms with Gasteiger partial charge in [0, 0.05) is 12.5 Å². The molecule has 0 spiro atoms. The topological polar surface area (TPSA) is 66.8 Å². The predicted molar refractivity (Wildman–Crippen MR) is 81.0 cm³/mol. The van der Waals surface area contributed by atoms with E-state index in [0.717, 1.165) is 13.0 Å². The van der Waals surface area contributed by atoms with Crippen LogP contribution in [-0.2, 0) is 14.3 Å². The maximum absolute atomic E-state index is 13.2. The van der Waals surface area contributed by atoms with Gasteiger partial charge in [-0.25, -0.2) is 0 Å². The highest BCUT2D eigenvalue weighted by Crippen LogP contribution is 2.63. The molecular formula is C17H27NO4. The van der Waals surface area contributed by atoms with Gasteiger partial charge in [0.2, 0.25) is 0 Å². The maximum Gasteiger partial charge on any atom is 0.313 e. The van der Waals surface area contributed by atoms with E-state index in [-0.39, 0.29) is 29.5 Å². The normalized spacial score (nSPS) is 47.3. The summed E-state index contributed by atoms with van der Waals surface area (Å²) in [6.45, 7) is 6.59. The Labute approximate surface area is 132 Å². The van der Waals surface area contributed by atoms with Crippen molar-refractivity contribution in [3.05, 3.63) is 0 Å². The lowest BCUT2D eigenvalue weighted by molar-refractivity contribution is -0.177. The van der Waals surface area contributed by atoms with Gasteiger partial charge in [-0.05, 0) is 45.7 Å². The Hall–Kier alpha value is -0.940. The van der Waals surface area contributed by atoms with Crippen molar-refractivity contribution in [2.75, 3.05) is 20.6 Å². The van der Waals surface area contributed by atoms with Gasteiger partial charge in [-0.15, -0.1) is 0 Å². The molecule has 3 fully saturated rings. The van der Waals surface area contributed by atoms with E-state index >= 15 is 0 Å². The third-order valence-electron chi connectivity index (χ3n) is 6.46. The van der Waals surface area contributed by atoms with Gasteiger partial charge in [-0.3, -0.25) is 9.59 Å². The Morgan fingerprint density at radius 1 is 1.36 bits per heavy atom. The van der Waals surface area contributed by atoms with Crippen LogP contribution in [0.3, 0.4) is 0 Å². The molecule has 5 nitrogen and oxygen atoms in total. The second-order valence-corrected chi connectivity index (χ2v) is 8.15. The number of nitrogens with zero attached hydrogens (tertiary/aromatic N) is 1. The summed E-state index contributed by atoms with van der Waals surface area (Å²) in [7, 11) is 3.95. The molecule has 0 unspecified atom stereocenters. The highest BCUT2D eigenvalue weighted by Gasteiger charge is 2.75. The molecule has 2 bridgehead atoms. The van der Waals surface area contributed by atoms with Gasteiger partial charge in [-0.2, -0.15) is 0 Å². The van der Waals surface area contributed by atoms with Crippen LogP contribution < -0.4 is 0 Å². The second kappa shape index (κ2) is 4.78. The van der Waals surface area contributed by atoms with Crippen LogP contribution in [0.2, 0.25) is 0 Å². The number of fused-ring (bicyclic) bond motifs is 4. The molecule has 2 aliphatic carbocycles. The number of aliphatic hydroxyl groups is 1. The van der Waals surface area contributed by atoms with E-state index in [0.29, 0.717) is 6.42 Å². The first-order valence-corrected chi connectivity index (χ1v) is 8.26. The molecule has 0 aromatic carbocycles. The molecule has 3 aliphatic rings. The number of carbonyl (C=O) groups excluding carboxylic acids is 2. The third-order valence-corrected chi connectivity index (χ3v) is 6.46. The molecule has 22 heavy (non-hydrogen) atoms. The minimum atomic E-state index is -1.26. The standard InChI is InChI=1S/C17H27NO4/c1-9(2)11-12-15(20)22-13(11)14(19)16(3)10(8-18(4)5)6-7-17(12,16)21/h9-13,21H,6-8H2,1-5H3/t10-,11+,12-,13-,16-,17-/m1/s1. The van der Waals surface area contributed by atoms with Crippen LogP contribution in [-0.4, -0.2) is 54.1 Å². The Balaban J connectivity index is 2.08. The Bertz CT molecular complexity index is 517. The summed E-state index contributed by atoms with van der Waals surface area (Å²) >= 11 is 0.